The van der Waals surface area contributed by atoms with E-state index in [9.17, 15) is 9.59 Å². The van der Waals surface area contributed by atoms with Gasteiger partial charge in [0.15, 0.2) is 0 Å². The molecule has 0 N–H and O–H groups in total. The van der Waals surface area contributed by atoms with Crippen LogP contribution in [0.5, 0.6) is 0 Å². The predicted octanol–water partition coefficient (Wildman–Crippen LogP) is 2.62. The fourth-order valence-electron chi connectivity index (χ4n) is 1.84. The van der Waals surface area contributed by atoms with Gasteiger partial charge in [-0.1, -0.05) is 32.9 Å². The molecule has 0 unspecified atom stereocenters. The van der Waals surface area contributed by atoms with Crippen LogP contribution >= 0.6 is 0 Å². The molecule has 1 aromatic rings. The molecule has 0 fully saturated rings. The minimum absolute atomic E-state index is 0.0210. The number of methoxy groups -OCH3 is 1. The minimum Gasteiger partial charge on any atom is -0.468 e. The van der Waals surface area contributed by atoms with Gasteiger partial charge in [0.2, 0.25) is 0 Å². The summed E-state index contributed by atoms with van der Waals surface area (Å²) in [4.78, 5) is 25.1. The summed E-state index contributed by atoms with van der Waals surface area (Å²) in [5.41, 5.74) is 1.81. The van der Waals surface area contributed by atoms with Gasteiger partial charge >= 0.3 is 5.97 Å². The van der Waals surface area contributed by atoms with Crippen molar-refractivity contribution >= 4 is 11.9 Å². The van der Waals surface area contributed by atoms with Gasteiger partial charge in [0.25, 0.3) is 5.91 Å². The lowest BCUT2D eigenvalue weighted by Crippen LogP contribution is -2.36. The molecule has 0 aliphatic rings. The Morgan fingerprint density at radius 3 is 2.10 bits per heavy atom. The van der Waals surface area contributed by atoms with E-state index in [1.165, 1.54) is 17.6 Å². The Labute approximate surface area is 120 Å². The fraction of sp³-hybridized carbons (Fsp3) is 0.500. The Balaban J connectivity index is 2.88. The van der Waals surface area contributed by atoms with Gasteiger partial charge in [-0.2, -0.15) is 0 Å². The zero-order chi connectivity index (χ0) is 15.3. The average molecular weight is 277 g/mol. The average Bonchev–Trinajstić information content (AvgIpc) is 2.42. The van der Waals surface area contributed by atoms with Gasteiger partial charge in [0.1, 0.15) is 6.54 Å². The van der Waals surface area contributed by atoms with Crippen molar-refractivity contribution in [2.45, 2.75) is 33.1 Å². The number of benzene rings is 1. The number of carbonyl (C=O) groups is 2. The van der Waals surface area contributed by atoms with Gasteiger partial charge in [-0.25, -0.2) is 0 Å². The summed E-state index contributed by atoms with van der Waals surface area (Å²) < 4.78 is 4.60. The van der Waals surface area contributed by atoms with Crippen LogP contribution in [0, 0.1) is 0 Å². The second kappa shape index (κ2) is 6.55. The second-order valence-corrected chi connectivity index (χ2v) is 5.72. The highest BCUT2D eigenvalue weighted by atomic mass is 16.5. The predicted molar refractivity (Wildman–Crippen MR) is 78.7 cm³/mol. The van der Waals surface area contributed by atoms with Crippen molar-refractivity contribution in [3.63, 3.8) is 0 Å². The number of carbonyl (C=O) groups excluding carboxylic acids is 2. The third-order valence-electron chi connectivity index (χ3n) is 3.21. The minimum atomic E-state index is -0.411. The van der Waals surface area contributed by atoms with Gasteiger partial charge < -0.3 is 9.64 Å². The summed E-state index contributed by atoms with van der Waals surface area (Å²) in [5, 5.41) is 0. The standard InChI is InChI=1S/C16H23NO3/c1-6-17(11-14(18)20-5)15(19)12-7-9-13(10-8-12)16(2,3)4/h7-10H,6,11H2,1-5H3. The molecule has 0 aliphatic carbocycles. The quantitative estimate of drug-likeness (QED) is 0.795. The van der Waals surface area contributed by atoms with Crippen LogP contribution in [0.25, 0.3) is 0 Å². The molecule has 0 saturated carbocycles. The smallest absolute Gasteiger partial charge is 0.325 e. The molecule has 0 atom stereocenters. The number of hydrogen-bond acceptors (Lipinski definition) is 3. The molecule has 1 rings (SSSR count). The molecule has 0 spiro atoms. The van der Waals surface area contributed by atoms with E-state index in [0.29, 0.717) is 12.1 Å². The van der Waals surface area contributed by atoms with Crippen LogP contribution < -0.4 is 0 Å². The SMILES string of the molecule is CCN(CC(=O)OC)C(=O)c1ccc(C(C)(C)C)cc1. The number of nitrogens with zero attached hydrogens (tertiary/aromatic N) is 1. The molecular weight excluding hydrogens is 254 g/mol. The third-order valence-corrected chi connectivity index (χ3v) is 3.21. The van der Waals surface area contributed by atoms with E-state index in [4.69, 9.17) is 0 Å². The summed E-state index contributed by atoms with van der Waals surface area (Å²) in [6.45, 7) is 8.66. The molecule has 0 aliphatic heterocycles. The summed E-state index contributed by atoms with van der Waals surface area (Å²) in [6.07, 6.45) is 0. The highest BCUT2D eigenvalue weighted by Crippen LogP contribution is 2.22. The number of ether oxygens (including phenoxy) is 1. The van der Waals surface area contributed by atoms with Crippen molar-refractivity contribution in [1.29, 1.82) is 0 Å². The highest BCUT2D eigenvalue weighted by molar-refractivity contribution is 5.96. The monoisotopic (exact) mass is 277 g/mol. The molecule has 4 nitrogen and oxygen atoms in total. The van der Waals surface area contributed by atoms with Gasteiger partial charge in [0.05, 0.1) is 7.11 Å². The Morgan fingerprint density at radius 1 is 1.15 bits per heavy atom. The van der Waals surface area contributed by atoms with E-state index in [-0.39, 0.29) is 17.9 Å². The number of amides is 1. The first-order valence-electron chi connectivity index (χ1n) is 6.76. The first-order valence-corrected chi connectivity index (χ1v) is 6.76. The van der Waals surface area contributed by atoms with E-state index in [1.807, 2.05) is 31.2 Å². The molecular formula is C16H23NO3. The first kappa shape index (κ1) is 16.2. The van der Waals surface area contributed by atoms with Crippen LogP contribution in [0.2, 0.25) is 0 Å². The zero-order valence-electron chi connectivity index (χ0n) is 12.9. The number of likely N-dealkylation sites (N-methyl/N-ethyl adjacent to an activating group) is 1. The van der Waals surface area contributed by atoms with Crippen LogP contribution in [0.1, 0.15) is 43.6 Å². The summed E-state index contributed by atoms with van der Waals surface area (Å²) in [6, 6.07) is 7.53. The van der Waals surface area contributed by atoms with Crippen LogP contribution in [0.4, 0.5) is 0 Å². The van der Waals surface area contributed by atoms with Crippen molar-refractivity contribution in [2.75, 3.05) is 20.2 Å². The van der Waals surface area contributed by atoms with Crippen LogP contribution in [-0.4, -0.2) is 37.0 Å². The largest absolute Gasteiger partial charge is 0.468 e. The molecule has 110 valence electrons. The topological polar surface area (TPSA) is 46.6 Å². The van der Waals surface area contributed by atoms with Gasteiger partial charge in [-0.15, -0.1) is 0 Å². The normalized spacial score (nSPS) is 11.1. The number of rotatable bonds is 4. The van der Waals surface area contributed by atoms with Gasteiger partial charge in [-0.05, 0) is 30.0 Å². The molecule has 0 saturated heterocycles. The third kappa shape index (κ3) is 4.08. The molecule has 0 bridgehead atoms. The van der Waals surface area contributed by atoms with E-state index >= 15 is 0 Å². The second-order valence-electron chi connectivity index (χ2n) is 5.72. The fourth-order valence-corrected chi connectivity index (χ4v) is 1.84. The highest BCUT2D eigenvalue weighted by Gasteiger charge is 2.19. The number of esters is 1. The maximum Gasteiger partial charge on any atom is 0.325 e. The summed E-state index contributed by atoms with van der Waals surface area (Å²) in [7, 11) is 1.32. The Bertz CT molecular complexity index is 471. The van der Waals surface area contributed by atoms with Crippen LogP contribution in [-0.2, 0) is 14.9 Å². The van der Waals surface area contributed by atoms with E-state index < -0.39 is 5.97 Å². The van der Waals surface area contributed by atoms with E-state index in [2.05, 4.69) is 25.5 Å². The molecule has 1 aromatic carbocycles. The molecule has 0 aromatic heterocycles. The Hall–Kier alpha value is -1.84. The molecule has 4 heteroatoms. The molecule has 0 heterocycles. The lowest BCUT2D eigenvalue weighted by Gasteiger charge is -2.21. The lowest BCUT2D eigenvalue weighted by atomic mass is 9.86. The van der Waals surface area contributed by atoms with Gasteiger partial charge in [0, 0.05) is 12.1 Å². The van der Waals surface area contributed by atoms with Crippen molar-refractivity contribution in [3.05, 3.63) is 35.4 Å². The summed E-state index contributed by atoms with van der Waals surface area (Å²) >= 11 is 0. The molecule has 0 radical (unpaired) electrons. The lowest BCUT2D eigenvalue weighted by molar-refractivity contribution is -0.141. The Kier molecular flexibility index (Phi) is 5.31. The van der Waals surface area contributed by atoms with Crippen molar-refractivity contribution in [2.24, 2.45) is 0 Å². The van der Waals surface area contributed by atoms with Gasteiger partial charge in [-0.3, -0.25) is 9.59 Å². The maximum absolute atomic E-state index is 12.3. The number of hydrogen-bond donors (Lipinski definition) is 0. The van der Waals surface area contributed by atoms with Crippen LogP contribution in [0.15, 0.2) is 24.3 Å². The summed E-state index contributed by atoms with van der Waals surface area (Å²) in [5.74, 6) is -0.565. The van der Waals surface area contributed by atoms with E-state index in [1.54, 1.807) is 0 Å². The first-order chi connectivity index (χ1) is 9.29. The maximum atomic E-state index is 12.3. The van der Waals surface area contributed by atoms with Crippen molar-refractivity contribution in [3.8, 4) is 0 Å². The van der Waals surface area contributed by atoms with Crippen molar-refractivity contribution in [1.82, 2.24) is 4.90 Å². The van der Waals surface area contributed by atoms with Crippen molar-refractivity contribution < 1.29 is 14.3 Å². The zero-order valence-corrected chi connectivity index (χ0v) is 12.9. The molecule has 20 heavy (non-hydrogen) atoms. The van der Waals surface area contributed by atoms with Crippen LogP contribution in [0.3, 0.4) is 0 Å². The van der Waals surface area contributed by atoms with E-state index in [0.717, 1.165) is 0 Å². The Morgan fingerprint density at radius 2 is 1.70 bits per heavy atom. The molecule has 1 amide bonds.